The summed E-state index contributed by atoms with van der Waals surface area (Å²) in [7, 11) is 0. The average Bonchev–Trinajstić information content (AvgIpc) is 2.67. The Kier molecular flexibility index (Phi) is 4.65. The Bertz CT molecular complexity index is 541. The van der Waals surface area contributed by atoms with Gasteiger partial charge in [0, 0.05) is 12.6 Å². The van der Waals surface area contributed by atoms with E-state index in [4.69, 9.17) is 0 Å². The zero-order chi connectivity index (χ0) is 15.8. The second kappa shape index (κ2) is 5.98. The number of rotatable bonds is 2. The van der Waals surface area contributed by atoms with Gasteiger partial charge in [0.1, 0.15) is 6.54 Å². The molecule has 1 aliphatic heterocycles. The molecule has 2 rings (SSSR count). The highest BCUT2D eigenvalue weighted by Gasteiger charge is 2.38. The van der Waals surface area contributed by atoms with Crippen LogP contribution in [0.5, 0.6) is 0 Å². The predicted molar refractivity (Wildman–Crippen MR) is 74.7 cm³/mol. The Hall–Kier alpha value is -1.05. The van der Waals surface area contributed by atoms with E-state index >= 15 is 0 Å². The van der Waals surface area contributed by atoms with Gasteiger partial charge in [-0.05, 0) is 49.0 Å². The number of piperidine rings is 1. The monoisotopic (exact) mass is 367 g/mol. The van der Waals surface area contributed by atoms with Crippen molar-refractivity contribution >= 4 is 21.8 Å². The van der Waals surface area contributed by atoms with Gasteiger partial charge >= 0.3 is 6.18 Å². The summed E-state index contributed by atoms with van der Waals surface area (Å²) in [6.07, 6.45) is -1.58. The molecule has 0 aliphatic carbocycles. The van der Waals surface area contributed by atoms with Crippen LogP contribution in [0.15, 0.2) is 4.47 Å². The van der Waals surface area contributed by atoms with E-state index in [1.807, 2.05) is 6.92 Å². The molecule has 0 radical (unpaired) electrons. The van der Waals surface area contributed by atoms with Crippen LogP contribution >= 0.6 is 15.9 Å². The SMILES string of the molecule is Cc1c(Br)c(C(F)(F)F)nn1CC(=O)N1CCCC[C@@H]1C. The topological polar surface area (TPSA) is 38.1 Å². The molecule has 0 N–H and O–H groups in total. The van der Waals surface area contributed by atoms with Crippen molar-refractivity contribution in [2.24, 2.45) is 0 Å². The number of amides is 1. The van der Waals surface area contributed by atoms with Crippen molar-refractivity contribution in [1.29, 1.82) is 0 Å². The molecule has 2 heterocycles. The third-order valence-corrected chi connectivity index (χ3v) is 4.76. The van der Waals surface area contributed by atoms with Gasteiger partial charge in [-0.2, -0.15) is 18.3 Å². The van der Waals surface area contributed by atoms with Crippen LogP contribution in [-0.2, 0) is 17.5 Å². The number of hydrogen-bond donors (Lipinski definition) is 0. The lowest BCUT2D eigenvalue weighted by atomic mass is 10.0. The first-order chi connectivity index (χ1) is 9.71. The van der Waals surface area contributed by atoms with Crippen LogP contribution in [-0.4, -0.2) is 33.2 Å². The smallest absolute Gasteiger partial charge is 0.338 e. The summed E-state index contributed by atoms with van der Waals surface area (Å²) in [4.78, 5) is 14.0. The highest BCUT2D eigenvalue weighted by atomic mass is 79.9. The number of halogens is 4. The first-order valence-corrected chi connectivity index (χ1v) is 7.60. The van der Waals surface area contributed by atoms with E-state index in [0.717, 1.165) is 23.9 Å². The Labute approximate surface area is 129 Å². The van der Waals surface area contributed by atoms with E-state index in [2.05, 4.69) is 21.0 Å². The minimum atomic E-state index is -4.53. The van der Waals surface area contributed by atoms with Gasteiger partial charge in [-0.15, -0.1) is 0 Å². The maximum absolute atomic E-state index is 12.8. The van der Waals surface area contributed by atoms with Crippen molar-refractivity contribution in [2.75, 3.05) is 6.54 Å². The largest absolute Gasteiger partial charge is 0.436 e. The summed E-state index contributed by atoms with van der Waals surface area (Å²) in [6.45, 7) is 3.97. The fourth-order valence-corrected chi connectivity index (χ4v) is 3.06. The molecule has 0 bridgehead atoms. The van der Waals surface area contributed by atoms with Gasteiger partial charge in [0.25, 0.3) is 0 Å². The first-order valence-electron chi connectivity index (χ1n) is 6.81. The molecule has 1 amide bonds. The summed E-state index contributed by atoms with van der Waals surface area (Å²) < 4.78 is 39.4. The molecule has 1 fully saturated rings. The van der Waals surface area contributed by atoms with Crippen LogP contribution in [0.4, 0.5) is 13.2 Å². The van der Waals surface area contributed by atoms with Gasteiger partial charge in [-0.1, -0.05) is 0 Å². The molecule has 0 aromatic carbocycles. The van der Waals surface area contributed by atoms with Crippen LogP contribution in [0, 0.1) is 6.92 Å². The van der Waals surface area contributed by atoms with Crippen LogP contribution in [0.1, 0.15) is 37.6 Å². The van der Waals surface area contributed by atoms with Gasteiger partial charge in [0.15, 0.2) is 5.69 Å². The standard InChI is InChI=1S/C13H17BrF3N3O/c1-8-5-3-4-6-19(8)10(21)7-20-9(2)11(14)12(18-20)13(15,16)17/h8H,3-7H2,1-2H3/t8-/m0/s1. The molecule has 1 aromatic heterocycles. The average molecular weight is 368 g/mol. The van der Waals surface area contributed by atoms with Crippen LogP contribution in [0.2, 0.25) is 0 Å². The normalized spacial score (nSPS) is 19.9. The number of nitrogens with zero attached hydrogens (tertiary/aromatic N) is 3. The van der Waals surface area contributed by atoms with Crippen molar-refractivity contribution in [3.05, 3.63) is 15.9 Å². The molecular formula is C13H17BrF3N3O. The van der Waals surface area contributed by atoms with Crippen molar-refractivity contribution < 1.29 is 18.0 Å². The van der Waals surface area contributed by atoms with Crippen LogP contribution < -0.4 is 0 Å². The van der Waals surface area contributed by atoms with E-state index in [0.29, 0.717) is 12.2 Å². The first kappa shape index (κ1) is 16.3. The summed E-state index contributed by atoms with van der Waals surface area (Å²) in [6, 6.07) is 0.132. The summed E-state index contributed by atoms with van der Waals surface area (Å²) in [5, 5.41) is 3.54. The summed E-state index contributed by atoms with van der Waals surface area (Å²) >= 11 is 2.91. The van der Waals surface area contributed by atoms with E-state index in [-0.39, 0.29) is 23.0 Å². The van der Waals surface area contributed by atoms with Gasteiger partial charge in [-0.3, -0.25) is 9.48 Å². The molecule has 4 nitrogen and oxygen atoms in total. The van der Waals surface area contributed by atoms with Crippen molar-refractivity contribution in [3.63, 3.8) is 0 Å². The Morgan fingerprint density at radius 2 is 2.10 bits per heavy atom. The van der Waals surface area contributed by atoms with Crippen LogP contribution in [0.25, 0.3) is 0 Å². The second-order valence-corrected chi connectivity index (χ2v) is 6.13. The van der Waals surface area contributed by atoms with E-state index in [1.165, 1.54) is 6.92 Å². The minimum absolute atomic E-state index is 0.102. The molecule has 8 heteroatoms. The molecule has 0 spiro atoms. The lowest BCUT2D eigenvalue weighted by Gasteiger charge is -2.33. The van der Waals surface area contributed by atoms with E-state index < -0.39 is 11.9 Å². The van der Waals surface area contributed by atoms with Gasteiger partial charge in [0.2, 0.25) is 5.91 Å². The molecule has 1 atom stereocenters. The van der Waals surface area contributed by atoms with Crippen molar-refractivity contribution in [3.8, 4) is 0 Å². The molecule has 1 aromatic rings. The lowest BCUT2D eigenvalue weighted by Crippen LogP contribution is -2.43. The third kappa shape index (κ3) is 3.41. The molecule has 21 heavy (non-hydrogen) atoms. The zero-order valence-corrected chi connectivity index (χ0v) is 13.5. The Balaban J connectivity index is 2.18. The number of carbonyl (C=O) groups is 1. The van der Waals surface area contributed by atoms with Gasteiger partial charge < -0.3 is 4.90 Å². The predicted octanol–water partition coefficient (Wildman–Crippen LogP) is 3.37. The highest BCUT2D eigenvalue weighted by Crippen LogP contribution is 2.35. The number of aromatic nitrogens is 2. The highest BCUT2D eigenvalue weighted by molar-refractivity contribution is 9.10. The second-order valence-electron chi connectivity index (χ2n) is 5.34. The summed E-state index contributed by atoms with van der Waals surface area (Å²) in [5.41, 5.74) is -0.681. The van der Waals surface area contributed by atoms with Gasteiger partial charge in [0.05, 0.1) is 10.2 Å². The van der Waals surface area contributed by atoms with E-state index in [9.17, 15) is 18.0 Å². The third-order valence-electron chi connectivity index (χ3n) is 3.81. The maximum atomic E-state index is 12.8. The zero-order valence-electron chi connectivity index (χ0n) is 11.9. The quantitative estimate of drug-likeness (QED) is 0.803. The minimum Gasteiger partial charge on any atom is -0.338 e. The number of alkyl halides is 3. The molecular weight excluding hydrogens is 351 g/mol. The molecule has 1 saturated heterocycles. The van der Waals surface area contributed by atoms with Crippen molar-refractivity contribution in [1.82, 2.24) is 14.7 Å². The number of carbonyl (C=O) groups excluding carboxylic acids is 1. The Morgan fingerprint density at radius 1 is 1.43 bits per heavy atom. The molecule has 118 valence electrons. The van der Waals surface area contributed by atoms with E-state index in [1.54, 1.807) is 4.90 Å². The lowest BCUT2D eigenvalue weighted by molar-refractivity contribution is -0.143. The molecule has 0 saturated carbocycles. The Morgan fingerprint density at radius 3 is 2.62 bits per heavy atom. The molecule has 1 aliphatic rings. The fourth-order valence-electron chi connectivity index (χ4n) is 2.55. The number of hydrogen-bond acceptors (Lipinski definition) is 2. The number of likely N-dealkylation sites (tertiary alicyclic amines) is 1. The maximum Gasteiger partial charge on any atom is 0.436 e. The van der Waals surface area contributed by atoms with Crippen LogP contribution in [0.3, 0.4) is 0 Å². The molecule has 0 unspecified atom stereocenters. The summed E-state index contributed by atoms with van der Waals surface area (Å²) in [5.74, 6) is -0.186. The fraction of sp³-hybridized carbons (Fsp3) is 0.692. The van der Waals surface area contributed by atoms with Gasteiger partial charge in [-0.25, -0.2) is 0 Å². The van der Waals surface area contributed by atoms with Crippen molar-refractivity contribution in [2.45, 2.75) is 51.9 Å².